The molecule has 0 N–H and O–H groups in total. The number of benzene rings is 2. The van der Waals surface area contributed by atoms with E-state index < -0.39 is 0 Å². The van der Waals surface area contributed by atoms with E-state index in [0.29, 0.717) is 0 Å². The zero-order valence-corrected chi connectivity index (χ0v) is 12.7. The normalized spacial score (nSPS) is 11.4. The van der Waals surface area contributed by atoms with Crippen molar-refractivity contribution in [3.63, 3.8) is 0 Å². The standard InChI is InChI=1S/C19H22O/c1-5-14-10-12-15(13-11-14)18(20)16-8-6-7-9-17(16)19(2,3)4/h6-13H,5H2,1-4H3. The first kappa shape index (κ1) is 14.5. The van der Waals surface area contributed by atoms with Crippen molar-refractivity contribution >= 4 is 5.78 Å². The molecule has 2 aromatic carbocycles. The van der Waals surface area contributed by atoms with Crippen LogP contribution in [0.5, 0.6) is 0 Å². The summed E-state index contributed by atoms with van der Waals surface area (Å²) in [6.07, 6.45) is 0.993. The summed E-state index contributed by atoms with van der Waals surface area (Å²) in [4.78, 5) is 12.7. The maximum atomic E-state index is 12.7. The molecule has 104 valence electrons. The van der Waals surface area contributed by atoms with Crippen LogP contribution < -0.4 is 0 Å². The van der Waals surface area contributed by atoms with Crippen LogP contribution in [0.15, 0.2) is 48.5 Å². The molecule has 0 saturated carbocycles. The Labute approximate surface area is 121 Å². The molecule has 0 spiro atoms. The van der Waals surface area contributed by atoms with E-state index in [1.807, 2.05) is 48.5 Å². The van der Waals surface area contributed by atoms with Crippen LogP contribution in [0.4, 0.5) is 0 Å². The highest BCUT2D eigenvalue weighted by atomic mass is 16.1. The molecule has 0 atom stereocenters. The maximum Gasteiger partial charge on any atom is 0.193 e. The molecule has 1 heteroatoms. The molecule has 0 aliphatic carbocycles. The third-order valence-corrected chi connectivity index (χ3v) is 3.60. The van der Waals surface area contributed by atoms with Gasteiger partial charge in [0.2, 0.25) is 0 Å². The molecular formula is C19H22O. The Kier molecular flexibility index (Phi) is 4.08. The quantitative estimate of drug-likeness (QED) is 0.731. The van der Waals surface area contributed by atoms with Crippen molar-refractivity contribution in [1.82, 2.24) is 0 Å². The minimum atomic E-state index is -0.0321. The van der Waals surface area contributed by atoms with Gasteiger partial charge in [0.25, 0.3) is 0 Å². The minimum Gasteiger partial charge on any atom is -0.289 e. The average molecular weight is 266 g/mol. The monoisotopic (exact) mass is 266 g/mol. The van der Waals surface area contributed by atoms with Crippen LogP contribution in [-0.2, 0) is 11.8 Å². The van der Waals surface area contributed by atoms with E-state index >= 15 is 0 Å². The Hall–Kier alpha value is -1.89. The van der Waals surface area contributed by atoms with Gasteiger partial charge in [0.05, 0.1) is 0 Å². The Morgan fingerprint density at radius 3 is 2.10 bits per heavy atom. The van der Waals surface area contributed by atoms with Crippen molar-refractivity contribution in [2.75, 3.05) is 0 Å². The summed E-state index contributed by atoms with van der Waals surface area (Å²) in [7, 11) is 0. The Morgan fingerprint density at radius 2 is 1.55 bits per heavy atom. The predicted octanol–water partition coefficient (Wildman–Crippen LogP) is 4.78. The van der Waals surface area contributed by atoms with Crippen LogP contribution in [0.2, 0.25) is 0 Å². The Morgan fingerprint density at radius 1 is 0.950 bits per heavy atom. The van der Waals surface area contributed by atoms with Gasteiger partial charge in [-0.15, -0.1) is 0 Å². The molecule has 0 aliphatic heterocycles. The van der Waals surface area contributed by atoms with Gasteiger partial charge in [-0.1, -0.05) is 76.2 Å². The summed E-state index contributed by atoms with van der Waals surface area (Å²) in [5.41, 5.74) is 3.90. The summed E-state index contributed by atoms with van der Waals surface area (Å²) in [5, 5.41) is 0. The van der Waals surface area contributed by atoms with Gasteiger partial charge in [0.1, 0.15) is 0 Å². The first-order chi connectivity index (χ1) is 9.43. The molecule has 0 aliphatic rings. The van der Waals surface area contributed by atoms with E-state index in [0.717, 1.165) is 23.1 Å². The second-order valence-electron chi connectivity index (χ2n) is 6.18. The number of hydrogen-bond acceptors (Lipinski definition) is 1. The fourth-order valence-electron chi connectivity index (χ4n) is 2.38. The minimum absolute atomic E-state index is 0.0321. The number of hydrogen-bond donors (Lipinski definition) is 0. The van der Waals surface area contributed by atoms with Gasteiger partial charge < -0.3 is 0 Å². The number of carbonyl (C=O) groups excluding carboxylic acids is 1. The zero-order chi connectivity index (χ0) is 14.8. The summed E-state index contributed by atoms with van der Waals surface area (Å²) < 4.78 is 0. The van der Waals surface area contributed by atoms with Crippen LogP contribution in [0.3, 0.4) is 0 Å². The van der Waals surface area contributed by atoms with Crippen molar-refractivity contribution in [3.8, 4) is 0 Å². The van der Waals surface area contributed by atoms with Gasteiger partial charge in [-0.3, -0.25) is 4.79 Å². The molecule has 20 heavy (non-hydrogen) atoms. The lowest BCUT2D eigenvalue weighted by atomic mass is 9.82. The fraction of sp³-hybridized carbons (Fsp3) is 0.316. The third-order valence-electron chi connectivity index (χ3n) is 3.60. The van der Waals surface area contributed by atoms with E-state index in [9.17, 15) is 4.79 Å². The molecule has 0 aromatic heterocycles. The Bertz CT molecular complexity index is 600. The van der Waals surface area contributed by atoms with Crippen molar-refractivity contribution in [2.24, 2.45) is 0 Å². The first-order valence-corrected chi connectivity index (χ1v) is 7.16. The molecule has 1 nitrogen and oxygen atoms in total. The Balaban J connectivity index is 2.43. The molecule has 0 unspecified atom stereocenters. The van der Waals surface area contributed by atoms with Crippen LogP contribution in [-0.4, -0.2) is 5.78 Å². The zero-order valence-electron chi connectivity index (χ0n) is 12.7. The summed E-state index contributed by atoms with van der Waals surface area (Å²) in [6.45, 7) is 8.53. The average Bonchev–Trinajstić information content (AvgIpc) is 2.46. The summed E-state index contributed by atoms with van der Waals surface area (Å²) >= 11 is 0. The largest absolute Gasteiger partial charge is 0.289 e. The van der Waals surface area contributed by atoms with Gasteiger partial charge in [0.15, 0.2) is 5.78 Å². The van der Waals surface area contributed by atoms with Gasteiger partial charge in [-0.2, -0.15) is 0 Å². The molecule has 0 saturated heterocycles. The van der Waals surface area contributed by atoms with Gasteiger partial charge in [-0.05, 0) is 23.0 Å². The molecule has 0 heterocycles. The highest BCUT2D eigenvalue weighted by Crippen LogP contribution is 2.27. The third kappa shape index (κ3) is 2.98. The number of aryl methyl sites for hydroxylation is 1. The second kappa shape index (κ2) is 5.62. The number of rotatable bonds is 3. The molecule has 0 fully saturated rings. The lowest BCUT2D eigenvalue weighted by molar-refractivity contribution is 0.103. The van der Waals surface area contributed by atoms with Crippen LogP contribution in [0.1, 0.15) is 54.7 Å². The van der Waals surface area contributed by atoms with Crippen LogP contribution in [0.25, 0.3) is 0 Å². The van der Waals surface area contributed by atoms with E-state index in [2.05, 4.69) is 27.7 Å². The van der Waals surface area contributed by atoms with E-state index in [1.54, 1.807) is 0 Å². The van der Waals surface area contributed by atoms with Crippen molar-refractivity contribution in [1.29, 1.82) is 0 Å². The maximum absolute atomic E-state index is 12.7. The molecule has 2 rings (SSSR count). The molecule has 2 aromatic rings. The smallest absolute Gasteiger partial charge is 0.193 e. The van der Waals surface area contributed by atoms with Crippen LogP contribution >= 0.6 is 0 Å². The second-order valence-corrected chi connectivity index (χ2v) is 6.18. The molecule has 0 radical (unpaired) electrons. The van der Waals surface area contributed by atoms with E-state index in [1.165, 1.54) is 5.56 Å². The fourth-order valence-corrected chi connectivity index (χ4v) is 2.38. The molecular weight excluding hydrogens is 244 g/mol. The number of ketones is 1. The summed E-state index contributed by atoms with van der Waals surface area (Å²) in [5.74, 6) is 0.109. The molecule has 0 amide bonds. The predicted molar refractivity (Wildman–Crippen MR) is 84.4 cm³/mol. The highest BCUT2D eigenvalue weighted by molar-refractivity contribution is 6.10. The SMILES string of the molecule is CCc1ccc(C(=O)c2ccccc2C(C)(C)C)cc1. The number of carbonyl (C=O) groups is 1. The lowest BCUT2D eigenvalue weighted by Gasteiger charge is -2.22. The summed E-state index contributed by atoms with van der Waals surface area (Å²) in [6, 6.07) is 15.8. The van der Waals surface area contributed by atoms with Gasteiger partial charge in [-0.25, -0.2) is 0 Å². The van der Waals surface area contributed by atoms with Gasteiger partial charge >= 0.3 is 0 Å². The molecule has 0 bridgehead atoms. The highest BCUT2D eigenvalue weighted by Gasteiger charge is 2.21. The van der Waals surface area contributed by atoms with Gasteiger partial charge in [0, 0.05) is 11.1 Å². The van der Waals surface area contributed by atoms with E-state index in [-0.39, 0.29) is 11.2 Å². The lowest BCUT2D eigenvalue weighted by Crippen LogP contribution is -2.17. The first-order valence-electron chi connectivity index (χ1n) is 7.16. The van der Waals surface area contributed by atoms with Crippen molar-refractivity contribution in [2.45, 2.75) is 39.5 Å². The van der Waals surface area contributed by atoms with Crippen molar-refractivity contribution in [3.05, 3.63) is 70.8 Å². The van der Waals surface area contributed by atoms with Crippen LogP contribution in [0, 0.1) is 0 Å². The van der Waals surface area contributed by atoms with E-state index in [4.69, 9.17) is 0 Å². The van der Waals surface area contributed by atoms with Crippen molar-refractivity contribution < 1.29 is 4.79 Å². The topological polar surface area (TPSA) is 17.1 Å².